The smallest absolute Gasteiger partial charge is 0.415 e. The van der Waals surface area contributed by atoms with Crippen molar-refractivity contribution < 1.29 is 33.6 Å². The summed E-state index contributed by atoms with van der Waals surface area (Å²) < 4.78 is 21.7. The summed E-state index contributed by atoms with van der Waals surface area (Å²) in [6.45, 7) is 2.27. The highest BCUT2D eigenvalue weighted by atomic mass is 16.6. The van der Waals surface area contributed by atoms with Crippen LogP contribution in [0.25, 0.3) is 11.4 Å². The van der Waals surface area contributed by atoms with Gasteiger partial charge in [-0.3, -0.25) is 14.7 Å². The molecular formula is C25H25N7O7. The SMILES string of the molecule is O=C1COc2ccc(N3CC(CCNCc4cc(-c5nccc(OC6COC6)n5)c(O)cn4)OC3=O)nc2N1. The van der Waals surface area contributed by atoms with Crippen LogP contribution in [0.3, 0.4) is 0 Å². The number of carbonyl (C=O) groups excluding carboxylic acids is 2. The molecule has 0 saturated carbocycles. The van der Waals surface area contributed by atoms with Crippen molar-refractivity contribution in [3.8, 4) is 28.8 Å². The highest BCUT2D eigenvalue weighted by Crippen LogP contribution is 2.31. The van der Waals surface area contributed by atoms with Crippen molar-refractivity contribution in [1.29, 1.82) is 0 Å². The lowest BCUT2D eigenvalue weighted by atomic mass is 10.2. The van der Waals surface area contributed by atoms with Gasteiger partial charge in [0, 0.05) is 18.8 Å². The predicted molar refractivity (Wildman–Crippen MR) is 134 cm³/mol. The van der Waals surface area contributed by atoms with E-state index in [4.69, 9.17) is 18.9 Å². The van der Waals surface area contributed by atoms with Gasteiger partial charge < -0.3 is 34.7 Å². The second-order valence-corrected chi connectivity index (χ2v) is 9.12. The normalized spacial score (nSPS) is 18.6. The molecule has 0 bridgehead atoms. The van der Waals surface area contributed by atoms with E-state index >= 15 is 0 Å². The van der Waals surface area contributed by atoms with Crippen LogP contribution in [0.5, 0.6) is 17.4 Å². The number of hydrogen-bond acceptors (Lipinski definition) is 12. The van der Waals surface area contributed by atoms with Gasteiger partial charge >= 0.3 is 6.09 Å². The quantitative estimate of drug-likeness (QED) is 0.336. The number of carbonyl (C=O) groups is 2. The number of amides is 2. The number of aromatic hydroxyl groups is 1. The van der Waals surface area contributed by atoms with Gasteiger partial charge in [-0.25, -0.2) is 14.8 Å². The third kappa shape index (κ3) is 5.51. The Hall–Kier alpha value is -4.56. The summed E-state index contributed by atoms with van der Waals surface area (Å²) >= 11 is 0. The van der Waals surface area contributed by atoms with Gasteiger partial charge in [-0.2, -0.15) is 4.98 Å². The van der Waals surface area contributed by atoms with Crippen molar-refractivity contribution in [3.05, 3.63) is 42.4 Å². The highest BCUT2D eigenvalue weighted by molar-refractivity contribution is 5.95. The fraction of sp³-hybridized carbons (Fsp3) is 0.360. The summed E-state index contributed by atoms with van der Waals surface area (Å²) in [6, 6.07) is 6.69. The number of rotatable bonds is 9. The molecule has 0 radical (unpaired) electrons. The maximum atomic E-state index is 12.4. The summed E-state index contributed by atoms with van der Waals surface area (Å²) in [4.78, 5) is 42.7. The zero-order valence-electron chi connectivity index (χ0n) is 20.7. The Morgan fingerprint density at radius 3 is 2.92 bits per heavy atom. The van der Waals surface area contributed by atoms with Gasteiger partial charge in [0.25, 0.3) is 5.91 Å². The lowest BCUT2D eigenvalue weighted by molar-refractivity contribution is -0.118. The van der Waals surface area contributed by atoms with E-state index in [1.165, 1.54) is 11.1 Å². The maximum absolute atomic E-state index is 12.4. The minimum absolute atomic E-state index is 0.0312. The first kappa shape index (κ1) is 24.8. The van der Waals surface area contributed by atoms with Crippen molar-refractivity contribution >= 4 is 23.6 Å². The largest absolute Gasteiger partial charge is 0.506 e. The minimum atomic E-state index is -0.503. The lowest BCUT2D eigenvalue weighted by Gasteiger charge is -2.26. The van der Waals surface area contributed by atoms with E-state index in [0.717, 1.165) is 0 Å². The van der Waals surface area contributed by atoms with Crippen molar-refractivity contribution in [2.75, 3.05) is 43.1 Å². The Bertz CT molecular complexity index is 1400. The van der Waals surface area contributed by atoms with E-state index in [-0.39, 0.29) is 36.3 Å². The molecule has 202 valence electrons. The lowest BCUT2D eigenvalue weighted by Crippen LogP contribution is -2.38. The third-order valence-corrected chi connectivity index (χ3v) is 6.27. The molecule has 2 fully saturated rings. The molecule has 14 nitrogen and oxygen atoms in total. The summed E-state index contributed by atoms with van der Waals surface area (Å²) in [5, 5.41) is 16.3. The average Bonchev–Trinajstić information content (AvgIpc) is 3.29. The van der Waals surface area contributed by atoms with E-state index in [9.17, 15) is 14.7 Å². The summed E-state index contributed by atoms with van der Waals surface area (Å²) in [6.07, 6.45) is 2.62. The van der Waals surface area contributed by atoms with Crippen LogP contribution in [0.15, 0.2) is 36.7 Å². The molecular weight excluding hydrogens is 510 g/mol. The van der Waals surface area contributed by atoms with Gasteiger partial charge in [0.1, 0.15) is 23.8 Å². The van der Waals surface area contributed by atoms with Crippen molar-refractivity contribution in [3.63, 3.8) is 0 Å². The van der Waals surface area contributed by atoms with E-state index in [0.29, 0.717) is 73.8 Å². The zero-order valence-corrected chi connectivity index (χ0v) is 20.7. The van der Waals surface area contributed by atoms with Gasteiger partial charge in [0.2, 0.25) is 5.88 Å². The van der Waals surface area contributed by atoms with E-state index in [1.807, 2.05) is 0 Å². The van der Waals surface area contributed by atoms with E-state index in [1.54, 1.807) is 30.5 Å². The van der Waals surface area contributed by atoms with Gasteiger partial charge in [0.15, 0.2) is 24.0 Å². The fourth-order valence-electron chi connectivity index (χ4n) is 4.20. The second-order valence-electron chi connectivity index (χ2n) is 9.12. The highest BCUT2D eigenvalue weighted by Gasteiger charge is 2.33. The van der Waals surface area contributed by atoms with Crippen LogP contribution in [0.2, 0.25) is 0 Å². The summed E-state index contributed by atoms with van der Waals surface area (Å²) in [5.41, 5.74) is 1.12. The molecule has 0 spiro atoms. The Labute approximate surface area is 222 Å². The minimum Gasteiger partial charge on any atom is -0.506 e. The van der Waals surface area contributed by atoms with Crippen LogP contribution in [-0.2, 0) is 20.8 Å². The van der Waals surface area contributed by atoms with E-state index in [2.05, 4.69) is 30.6 Å². The first-order valence-electron chi connectivity index (χ1n) is 12.4. The molecule has 6 rings (SSSR count). The van der Waals surface area contributed by atoms with Crippen molar-refractivity contribution in [1.82, 2.24) is 25.3 Å². The van der Waals surface area contributed by atoms with Gasteiger partial charge in [-0.1, -0.05) is 0 Å². The zero-order chi connectivity index (χ0) is 26.8. The molecule has 3 aliphatic rings. The predicted octanol–water partition coefficient (Wildman–Crippen LogP) is 1.25. The number of aromatic nitrogens is 4. The molecule has 1 unspecified atom stereocenters. The molecule has 1 atom stereocenters. The third-order valence-electron chi connectivity index (χ3n) is 6.27. The van der Waals surface area contributed by atoms with Crippen LogP contribution in [0.4, 0.5) is 16.4 Å². The molecule has 39 heavy (non-hydrogen) atoms. The second kappa shape index (κ2) is 10.7. The molecule has 3 N–H and O–H groups in total. The average molecular weight is 536 g/mol. The molecule has 3 aliphatic heterocycles. The molecule has 0 aromatic carbocycles. The molecule has 6 heterocycles. The van der Waals surface area contributed by atoms with Crippen molar-refractivity contribution in [2.45, 2.75) is 25.2 Å². The van der Waals surface area contributed by atoms with E-state index < -0.39 is 6.09 Å². The molecule has 3 aromatic heterocycles. The number of pyridine rings is 2. The number of nitrogens with one attached hydrogen (secondary N) is 2. The number of fused-ring (bicyclic) bond motifs is 1. The molecule has 0 aliphatic carbocycles. The van der Waals surface area contributed by atoms with Gasteiger partial charge in [-0.05, 0) is 31.2 Å². The topological polar surface area (TPSA) is 170 Å². The molecule has 14 heteroatoms. The monoisotopic (exact) mass is 535 g/mol. The van der Waals surface area contributed by atoms with Crippen LogP contribution in [-0.4, -0.2) is 82.2 Å². The van der Waals surface area contributed by atoms with Gasteiger partial charge in [-0.15, -0.1) is 0 Å². The summed E-state index contributed by atoms with van der Waals surface area (Å²) in [7, 11) is 0. The molecule has 2 amide bonds. The maximum Gasteiger partial charge on any atom is 0.415 e. The standard InChI is InChI=1S/C25H25N7O7/c33-18-9-28-14(7-17(18)23-27-6-4-22(31-23)38-16-11-36-12-16)8-26-5-3-15-10-32(25(35)39-15)20-2-1-19-24(29-20)30-21(34)13-37-19/h1-2,4,6-7,9,15-16,26,33H,3,5,8,10-13H2,(H,29,30,34). The van der Waals surface area contributed by atoms with Crippen molar-refractivity contribution in [2.24, 2.45) is 0 Å². The fourth-order valence-corrected chi connectivity index (χ4v) is 4.20. The first-order chi connectivity index (χ1) is 19.0. The first-order valence-corrected chi connectivity index (χ1v) is 12.4. The van der Waals surface area contributed by atoms with Crippen LogP contribution in [0.1, 0.15) is 12.1 Å². The number of nitrogens with zero attached hydrogens (tertiary/aromatic N) is 5. The van der Waals surface area contributed by atoms with Crippen LogP contribution >= 0.6 is 0 Å². The number of anilines is 2. The Morgan fingerprint density at radius 1 is 1.18 bits per heavy atom. The Balaban J connectivity index is 1.02. The number of cyclic esters (lactones) is 1. The number of hydrogen-bond donors (Lipinski definition) is 3. The Morgan fingerprint density at radius 2 is 2.08 bits per heavy atom. The number of ether oxygens (including phenoxy) is 4. The van der Waals surface area contributed by atoms with Crippen LogP contribution < -0.4 is 25.0 Å². The molecule has 3 aromatic rings. The van der Waals surface area contributed by atoms with Gasteiger partial charge in [0.05, 0.1) is 37.2 Å². The Kier molecular flexibility index (Phi) is 6.77. The van der Waals surface area contributed by atoms with Crippen LogP contribution in [0, 0.1) is 0 Å². The summed E-state index contributed by atoms with van der Waals surface area (Å²) in [5.74, 6) is 1.50. The molecule has 2 saturated heterocycles.